The van der Waals surface area contributed by atoms with Crippen molar-refractivity contribution >= 4 is 29.1 Å². The fourth-order valence-electron chi connectivity index (χ4n) is 4.34. The highest BCUT2D eigenvalue weighted by Gasteiger charge is 2.30. The summed E-state index contributed by atoms with van der Waals surface area (Å²) in [6.45, 7) is 2.52. The zero-order chi connectivity index (χ0) is 20.2. The van der Waals surface area contributed by atoms with Crippen LogP contribution in [-0.4, -0.2) is 39.6 Å². The van der Waals surface area contributed by atoms with Gasteiger partial charge in [0.1, 0.15) is 5.82 Å². The van der Waals surface area contributed by atoms with Gasteiger partial charge in [-0.1, -0.05) is 42.1 Å². The van der Waals surface area contributed by atoms with Gasteiger partial charge in [-0.05, 0) is 43.4 Å². The Morgan fingerprint density at radius 2 is 2.03 bits per heavy atom. The zero-order valence-electron chi connectivity index (χ0n) is 16.5. The number of nitrogens with zero attached hydrogens (tertiary/aromatic N) is 3. The number of imidazole rings is 1. The summed E-state index contributed by atoms with van der Waals surface area (Å²) >= 11 is 12.4. The molecule has 1 amide bonds. The van der Waals surface area contributed by atoms with Gasteiger partial charge in [0.05, 0.1) is 19.2 Å². The van der Waals surface area contributed by atoms with Gasteiger partial charge >= 0.3 is 0 Å². The van der Waals surface area contributed by atoms with Gasteiger partial charge in [0.15, 0.2) is 0 Å². The molecule has 1 saturated heterocycles. The van der Waals surface area contributed by atoms with Gasteiger partial charge in [-0.25, -0.2) is 4.98 Å². The second-order valence-electron chi connectivity index (χ2n) is 8.04. The summed E-state index contributed by atoms with van der Waals surface area (Å²) in [5.41, 5.74) is 0.975. The SMILES string of the molecule is O=C(C1CCCC1)N(Cc1nccn1Cc1ccc(Cl)cc1Cl)CC1CCCO1. The Balaban J connectivity index is 1.51. The Bertz CT molecular complexity index is 842. The number of benzene rings is 1. The molecule has 0 radical (unpaired) electrons. The van der Waals surface area contributed by atoms with Crippen LogP contribution >= 0.6 is 23.2 Å². The van der Waals surface area contributed by atoms with Gasteiger partial charge < -0.3 is 14.2 Å². The molecule has 0 bridgehead atoms. The van der Waals surface area contributed by atoms with Crippen molar-refractivity contribution in [3.8, 4) is 0 Å². The van der Waals surface area contributed by atoms with Crippen molar-refractivity contribution < 1.29 is 9.53 Å². The minimum Gasteiger partial charge on any atom is -0.376 e. The Morgan fingerprint density at radius 1 is 1.21 bits per heavy atom. The first-order chi connectivity index (χ1) is 14.1. The summed E-state index contributed by atoms with van der Waals surface area (Å²) in [5, 5.41) is 1.25. The minimum absolute atomic E-state index is 0.134. The average molecular weight is 436 g/mol. The molecule has 156 valence electrons. The fraction of sp³-hybridized carbons (Fsp3) is 0.545. The van der Waals surface area contributed by atoms with Gasteiger partial charge in [-0.15, -0.1) is 0 Å². The van der Waals surface area contributed by atoms with E-state index in [4.69, 9.17) is 27.9 Å². The summed E-state index contributed by atoms with van der Waals surface area (Å²) in [4.78, 5) is 19.7. The van der Waals surface area contributed by atoms with Crippen molar-refractivity contribution in [2.45, 2.75) is 57.7 Å². The molecule has 2 aliphatic rings. The van der Waals surface area contributed by atoms with Gasteiger partial charge in [0.2, 0.25) is 5.91 Å². The molecule has 5 nitrogen and oxygen atoms in total. The molecule has 4 rings (SSSR count). The Morgan fingerprint density at radius 3 is 2.76 bits per heavy atom. The number of hydrogen-bond donors (Lipinski definition) is 0. The number of carbonyl (C=O) groups excluding carboxylic acids is 1. The maximum absolute atomic E-state index is 13.2. The molecule has 1 unspecified atom stereocenters. The van der Waals surface area contributed by atoms with E-state index in [2.05, 4.69) is 9.55 Å². The smallest absolute Gasteiger partial charge is 0.226 e. The van der Waals surface area contributed by atoms with E-state index < -0.39 is 0 Å². The molecule has 0 N–H and O–H groups in total. The summed E-state index contributed by atoms with van der Waals surface area (Å²) in [7, 11) is 0. The average Bonchev–Trinajstić information content (AvgIpc) is 3.46. The summed E-state index contributed by atoms with van der Waals surface area (Å²) in [6, 6.07) is 5.53. The molecule has 1 aliphatic heterocycles. The maximum atomic E-state index is 13.2. The van der Waals surface area contributed by atoms with Crippen LogP contribution in [0.15, 0.2) is 30.6 Å². The quantitative estimate of drug-likeness (QED) is 0.618. The molecule has 1 aromatic carbocycles. The molecule has 29 heavy (non-hydrogen) atoms. The van der Waals surface area contributed by atoms with Crippen LogP contribution in [0.3, 0.4) is 0 Å². The second kappa shape index (κ2) is 9.50. The summed E-state index contributed by atoms with van der Waals surface area (Å²) in [5.74, 6) is 1.25. The molecule has 2 heterocycles. The normalized spacial score (nSPS) is 19.7. The third kappa shape index (κ3) is 5.14. The fourth-order valence-corrected chi connectivity index (χ4v) is 4.81. The van der Waals surface area contributed by atoms with E-state index in [0.717, 1.165) is 56.5 Å². The van der Waals surface area contributed by atoms with Crippen LogP contribution < -0.4 is 0 Å². The molecule has 2 aromatic rings. The lowest BCUT2D eigenvalue weighted by Crippen LogP contribution is -2.40. The van der Waals surface area contributed by atoms with Crippen LogP contribution in [0.5, 0.6) is 0 Å². The first-order valence-corrected chi connectivity index (χ1v) is 11.2. The van der Waals surface area contributed by atoms with E-state index in [0.29, 0.717) is 29.7 Å². The van der Waals surface area contributed by atoms with Crippen molar-refractivity contribution in [1.29, 1.82) is 0 Å². The molecular formula is C22H27Cl2N3O2. The molecular weight excluding hydrogens is 409 g/mol. The first kappa shape index (κ1) is 20.7. The van der Waals surface area contributed by atoms with Crippen LogP contribution in [-0.2, 0) is 22.6 Å². The Kier molecular flexibility index (Phi) is 6.78. The van der Waals surface area contributed by atoms with Gasteiger partial charge in [-0.3, -0.25) is 4.79 Å². The van der Waals surface area contributed by atoms with Crippen molar-refractivity contribution in [2.75, 3.05) is 13.2 Å². The third-order valence-corrected chi connectivity index (χ3v) is 6.54. The number of hydrogen-bond acceptors (Lipinski definition) is 3. The molecule has 0 spiro atoms. The Hall–Kier alpha value is -1.56. The van der Waals surface area contributed by atoms with Crippen molar-refractivity contribution in [2.24, 2.45) is 5.92 Å². The van der Waals surface area contributed by atoms with E-state index in [1.807, 2.05) is 23.2 Å². The predicted octanol–water partition coefficient (Wildman–Crippen LogP) is 4.94. The van der Waals surface area contributed by atoms with Crippen LogP contribution in [0, 0.1) is 5.92 Å². The predicted molar refractivity (Wildman–Crippen MR) is 114 cm³/mol. The number of rotatable bonds is 7. The maximum Gasteiger partial charge on any atom is 0.226 e. The lowest BCUT2D eigenvalue weighted by molar-refractivity contribution is -0.137. The van der Waals surface area contributed by atoms with E-state index >= 15 is 0 Å². The number of halogens is 2. The second-order valence-corrected chi connectivity index (χ2v) is 8.89. The highest BCUT2D eigenvalue weighted by Crippen LogP contribution is 2.28. The lowest BCUT2D eigenvalue weighted by atomic mass is 10.1. The number of amides is 1. The molecule has 7 heteroatoms. The highest BCUT2D eigenvalue weighted by atomic mass is 35.5. The molecule has 1 aliphatic carbocycles. The van der Waals surface area contributed by atoms with E-state index in [9.17, 15) is 4.79 Å². The van der Waals surface area contributed by atoms with E-state index in [-0.39, 0.29) is 17.9 Å². The summed E-state index contributed by atoms with van der Waals surface area (Å²) in [6.07, 6.45) is 10.2. The largest absolute Gasteiger partial charge is 0.376 e. The molecule has 2 fully saturated rings. The standard InChI is InChI=1S/C22H27Cl2N3O2/c23-18-8-7-17(20(24)12-18)13-26-10-9-25-21(26)15-27(14-19-6-3-11-29-19)22(28)16-4-1-2-5-16/h7-10,12,16,19H,1-6,11,13-15H2. The molecule has 1 saturated carbocycles. The monoisotopic (exact) mass is 435 g/mol. The highest BCUT2D eigenvalue weighted by molar-refractivity contribution is 6.35. The van der Waals surface area contributed by atoms with Crippen molar-refractivity contribution in [3.05, 3.63) is 52.0 Å². The van der Waals surface area contributed by atoms with Crippen LogP contribution in [0.2, 0.25) is 10.0 Å². The molecule has 1 atom stereocenters. The van der Waals surface area contributed by atoms with Gasteiger partial charge in [0, 0.05) is 41.5 Å². The topological polar surface area (TPSA) is 47.4 Å². The van der Waals surface area contributed by atoms with Gasteiger partial charge in [0.25, 0.3) is 0 Å². The van der Waals surface area contributed by atoms with Crippen molar-refractivity contribution in [1.82, 2.24) is 14.5 Å². The minimum atomic E-state index is 0.134. The van der Waals surface area contributed by atoms with Crippen molar-refractivity contribution in [3.63, 3.8) is 0 Å². The van der Waals surface area contributed by atoms with Crippen LogP contribution in [0.1, 0.15) is 49.9 Å². The van der Waals surface area contributed by atoms with E-state index in [1.165, 1.54) is 0 Å². The van der Waals surface area contributed by atoms with Crippen LogP contribution in [0.4, 0.5) is 0 Å². The third-order valence-electron chi connectivity index (χ3n) is 5.95. The number of aromatic nitrogens is 2. The van der Waals surface area contributed by atoms with Gasteiger partial charge in [-0.2, -0.15) is 0 Å². The van der Waals surface area contributed by atoms with E-state index in [1.54, 1.807) is 12.3 Å². The number of carbonyl (C=O) groups is 1. The zero-order valence-corrected chi connectivity index (χ0v) is 18.0. The Labute approximate surface area is 182 Å². The lowest BCUT2D eigenvalue weighted by Gasteiger charge is -2.28. The summed E-state index contributed by atoms with van der Waals surface area (Å²) < 4.78 is 7.87. The first-order valence-electron chi connectivity index (χ1n) is 10.4. The molecule has 1 aromatic heterocycles. The number of ether oxygens (including phenoxy) is 1. The van der Waals surface area contributed by atoms with Crippen LogP contribution in [0.25, 0.3) is 0 Å².